The average molecular weight is 520 g/mol. The van der Waals surface area contributed by atoms with Gasteiger partial charge in [-0.2, -0.15) is 0 Å². The average Bonchev–Trinajstić information content (AvgIpc) is 2.94. The van der Waals surface area contributed by atoms with Gasteiger partial charge >= 0.3 is 12.1 Å². The lowest BCUT2D eigenvalue weighted by molar-refractivity contribution is -0.0150. The van der Waals surface area contributed by atoms with Crippen molar-refractivity contribution in [3.05, 3.63) is 71.8 Å². The first-order valence-electron chi connectivity index (χ1n) is 12.3. The Balaban J connectivity index is 1.23. The van der Waals surface area contributed by atoms with Gasteiger partial charge in [-0.1, -0.05) is 48.5 Å². The van der Waals surface area contributed by atoms with E-state index in [1.54, 1.807) is 24.3 Å². The maximum absolute atomic E-state index is 11.7. The summed E-state index contributed by atoms with van der Waals surface area (Å²) in [6, 6.07) is 18.3. The van der Waals surface area contributed by atoms with Crippen LogP contribution >= 0.6 is 0 Å². The number of esters is 1. The molecule has 204 valence electrons. The zero-order valence-electron chi connectivity index (χ0n) is 21.1. The summed E-state index contributed by atoms with van der Waals surface area (Å²) in [6.45, 7) is 5.03. The molecule has 2 aromatic rings. The highest BCUT2D eigenvalue weighted by molar-refractivity contribution is 5.89. The van der Waals surface area contributed by atoms with E-state index in [0.29, 0.717) is 78.2 Å². The van der Waals surface area contributed by atoms with Crippen molar-refractivity contribution in [3.63, 3.8) is 0 Å². The van der Waals surface area contributed by atoms with Gasteiger partial charge in [-0.05, 0) is 17.7 Å². The molecule has 0 aliphatic rings. The number of benzene rings is 2. The number of amides is 1. The Kier molecular flexibility index (Phi) is 17.2. The monoisotopic (exact) mass is 519 g/mol. The minimum absolute atomic E-state index is 0.197. The summed E-state index contributed by atoms with van der Waals surface area (Å²) in [7, 11) is 0. The van der Waals surface area contributed by atoms with E-state index in [0.717, 1.165) is 5.56 Å². The van der Waals surface area contributed by atoms with Crippen molar-refractivity contribution in [2.24, 2.45) is 0 Å². The molecule has 0 aliphatic heterocycles. The van der Waals surface area contributed by atoms with Crippen LogP contribution in [0.15, 0.2) is 60.7 Å². The van der Waals surface area contributed by atoms with Gasteiger partial charge in [0.15, 0.2) is 0 Å². The summed E-state index contributed by atoms with van der Waals surface area (Å²) < 4.78 is 37.2. The summed E-state index contributed by atoms with van der Waals surface area (Å²) in [5, 5.41) is 2.63. The van der Waals surface area contributed by atoms with Crippen LogP contribution in [0, 0.1) is 0 Å². The van der Waals surface area contributed by atoms with Crippen LogP contribution in [0.4, 0.5) is 4.79 Å². The minimum Gasteiger partial charge on any atom is -0.460 e. The molecule has 0 spiro atoms. The zero-order chi connectivity index (χ0) is 26.2. The van der Waals surface area contributed by atoms with Crippen molar-refractivity contribution < 1.29 is 42.7 Å². The molecule has 1 amide bonds. The first-order valence-corrected chi connectivity index (χ1v) is 12.3. The third kappa shape index (κ3) is 16.4. The van der Waals surface area contributed by atoms with Gasteiger partial charge < -0.3 is 38.5 Å². The molecule has 0 unspecified atom stereocenters. The fourth-order valence-corrected chi connectivity index (χ4v) is 2.83. The summed E-state index contributed by atoms with van der Waals surface area (Å²) in [5.41, 5.74) is 1.46. The second-order valence-corrected chi connectivity index (χ2v) is 7.55. The molecule has 1 N–H and O–H groups in total. The Morgan fingerprint density at radius 2 is 1.00 bits per heavy atom. The second-order valence-electron chi connectivity index (χ2n) is 7.55. The van der Waals surface area contributed by atoms with Gasteiger partial charge in [-0.3, -0.25) is 0 Å². The number of carbonyl (C=O) groups excluding carboxylic acids is 2. The fourth-order valence-electron chi connectivity index (χ4n) is 2.83. The molecule has 10 nitrogen and oxygen atoms in total. The van der Waals surface area contributed by atoms with E-state index in [4.69, 9.17) is 33.2 Å². The van der Waals surface area contributed by atoms with Gasteiger partial charge in [0.05, 0.1) is 71.6 Å². The SMILES string of the molecule is O=C(NCCOCCOCCOCCOCCOCCOC(=O)c1ccccc1)OCc1ccccc1. The maximum atomic E-state index is 11.7. The van der Waals surface area contributed by atoms with E-state index >= 15 is 0 Å². The van der Waals surface area contributed by atoms with Crippen LogP contribution in [-0.4, -0.2) is 91.3 Å². The van der Waals surface area contributed by atoms with Gasteiger partial charge in [-0.15, -0.1) is 0 Å². The van der Waals surface area contributed by atoms with Crippen LogP contribution in [0.1, 0.15) is 15.9 Å². The van der Waals surface area contributed by atoms with Gasteiger partial charge in [-0.25, -0.2) is 9.59 Å². The Hall–Kier alpha value is -3.02. The van der Waals surface area contributed by atoms with Crippen LogP contribution in [0.2, 0.25) is 0 Å². The molecule has 0 heterocycles. The Morgan fingerprint density at radius 3 is 1.54 bits per heavy atom. The third-order valence-corrected chi connectivity index (χ3v) is 4.69. The molecule has 0 radical (unpaired) electrons. The lowest BCUT2D eigenvalue weighted by atomic mass is 10.2. The molecule has 10 heteroatoms. The van der Waals surface area contributed by atoms with Crippen molar-refractivity contribution in [1.82, 2.24) is 5.32 Å². The lowest BCUT2D eigenvalue weighted by Gasteiger charge is -2.09. The van der Waals surface area contributed by atoms with E-state index in [1.165, 1.54) is 0 Å². The number of ether oxygens (including phenoxy) is 7. The highest BCUT2D eigenvalue weighted by atomic mass is 16.6. The number of hydrogen-bond acceptors (Lipinski definition) is 9. The van der Waals surface area contributed by atoms with E-state index in [2.05, 4.69) is 5.32 Å². The largest absolute Gasteiger partial charge is 0.460 e. The van der Waals surface area contributed by atoms with Crippen LogP contribution < -0.4 is 5.32 Å². The number of alkyl carbamates (subject to hydrolysis) is 1. The van der Waals surface area contributed by atoms with Crippen molar-refractivity contribution in [2.45, 2.75) is 6.61 Å². The van der Waals surface area contributed by atoms with Crippen LogP contribution in [0.3, 0.4) is 0 Å². The number of hydrogen-bond donors (Lipinski definition) is 1. The molecule has 37 heavy (non-hydrogen) atoms. The highest BCUT2D eigenvalue weighted by Gasteiger charge is 2.05. The van der Waals surface area contributed by atoms with Crippen LogP contribution in [0.5, 0.6) is 0 Å². The first kappa shape index (κ1) is 30.2. The molecule has 0 saturated carbocycles. The van der Waals surface area contributed by atoms with Crippen LogP contribution in [0.25, 0.3) is 0 Å². The van der Waals surface area contributed by atoms with E-state index in [9.17, 15) is 9.59 Å². The van der Waals surface area contributed by atoms with E-state index in [1.807, 2.05) is 36.4 Å². The maximum Gasteiger partial charge on any atom is 0.407 e. The van der Waals surface area contributed by atoms with Gasteiger partial charge in [0.1, 0.15) is 13.2 Å². The molecular weight excluding hydrogens is 482 g/mol. The first-order chi connectivity index (χ1) is 18.3. The summed E-state index contributed by atoms with van der Waals surface area (Å²) in [4.78, 5) is 23.3. The standard InChI is InChI=1S/C27H37NO9/c29-26(25-9-5-2-6-10-25)36-22-21-35-20-19-34-18-17-33-16-15-32-14-13-31-12-11-28-27(30)37-23-24-7-3-1-4-8-24/h1-10H,11-23H2,(H,28,30). The summed E-state index contributed by atoms with van der Waals surface area (Å²) >= 11 is 0. The predicted molar refractivity (Wildman–Crippen MR) is 135 cm³/mol. The molecule has 0 aromatic heterocycles. The molecule has 2 aromatic carbocycles. The van der Waals surface area contributed by atoms with Crippen molar-refractivity contribution in [3.8, 4) is 0 Å². The summed E-state index contributed by atoms with van der Waals surface area (Å²) in [6.07, 6.45) is -0.473. The Labute approximate surface area is 218 Å². The predicted octanol–water partition coefficient (Wildman–Crippen LogP) is 2.85. The number of nitrogens with one attached hydrogen (secondary N) is 1. The van der Waals surface area contributed by atoms with E-state index < -0.39 is 6.09 Å². The Morgan fingerprint density at radius 1 is 0.541 bits per heavy atom. The lowest BCUT2D eigenvalue weighted by Crippen LogP contribution is -2.28. The zero-order valence-corrected chi connectivity index (χ0v) is 21.1. The molecular formula is C27H37NO9. The number of rotatable bonds is 21. The highest BCUT2D eigenvalue weighted by Crippen LogP contribution is 2.01. The fraction of sp³-hybridized carbons (Fsp3) is 0.481. The van der Waals surface area contributed by atoms with Gasteiger partial charge in [0.25, 0.3) is 0 Å². The molecule has 0 aliphatic carbocycles. The minimum atomic E-state index is -0.473. The van der Waals surface area contributed by atoms with Crippen molar-refractivity contribution >= 4 is 12.1 Å². The van der Waals surface area contributed by atoms with Crippen molar-refractivity contribution in [1.29, 1.82) is 0 Å². The third-order valence-electron chi connectivity index (χ3n) is 4.69. The molecule has 0 fully saturated rings. The van der Waals surface area contributed by atoms with Gasteiger partial charge in [0.2, 0.25) is 0 Å². The second kappa shape index (κ2) is 21.1. The smallest absolute Gasteiger partial charge is 0.407 e. The van der Waals surface area contributed by atoms with E-state index in [-0.39, 0.29) is 19.2 Å². The van der Waals surface area contributed by atoms with Crippen molar-refractivity contribution in [2.75, 3.05) is 79.2 Å². The number of carbonyl (C=O) groups is 2. The van der Waals surface area contributed by atoms with Crippen LogP contribution in [-0.2, 0) is 39.8 Å². The quantitative estimate of drug-likeness (QED) is 0.197. The van der Waals surface area contributed by atoms with Gasteiger partial charge in [0, 0.05) is 6.54 Å². The topological polar surface area (TPSA) is 111 Å². The normalized spacial score (nSPS) is 10.7. The molecule has 2 rings (SSSR count). The molecule has 0 saturated heterocycles. The summed E-state index contributed by atoms with van der Waals surface area (Å²) in [5.74, 6) is -0.361. The molecule has 0 bridgehead atoms. The Bertz CT molecular complexity index is 836. The molecule has 0 atom stereocenters.